The standard InChI is InChI=1S/C24H25FN4OS/c1-3-13-31-22-5-4-12-28(22)21-14-19(10-11-26-21)24-23(18-6-8-20(25)9-7-18)27-16-29(24)17(2)15-30/h4-12,14,16-17,30H,3,13,15H2,1-2H3. The van der Waals surface area contributed by atoms with Gasteiger partial charge in [0, 0.05) is 23.5 Å². The molecule has 0 radical (unpaired) electrons. The Morgan fingerprint density at radius 2 is 1.90 bits per heavy atom. The van der Waals surface area contributed by atoms with Crippen LogP contribution in [-0.4, -0.2) is 36.6 Å². The minimum absolute atomic E-state index is 0.0143. The van der Waals surface area contributed by atoms with Crippen molar-refractivity contribution in [2.24, 2.45) is 0 Å². The van der Waals surface area contributed by atoms with Crippen molar-refractivity contribution < 1.29 is 9.50 Å². The summed E-state index contributed by atoms with van der Waals surface area (Å²) in [4.78, 5) is 9.20. The summed E-state index contributed by atoms with van der Waals surface area (Å²) in [5.74, 6) is 1.57. The second kappa shape index (κ2) is 9.49. The van der Waals surface area contributed by atoms with Crippen LogP contribution in [0.1, 0.15) is 26.3 Å². The largest absolute Gasteiger partial charge is 0.394 e. The van der Waals surface area contributed by atoms with Crippen molar-refractivity contribution in [1.82, 2.24) is 19.1 Å². The van der Waals surface area contributed by atoms with E-state index in [9.17, 15) is 9.50 Å². The Balaban J connectivity index is 1.82. The Bertz CT molecular complexity index is 1150. The fourth-order valence-corrected chi connectivity index (χ4v) is 4.35. The van der Waals surface area contributed by atoms with E-state index in [2.05, 4.69) is 27.5 Å². The van der Waals surface area contributed by atoms with Gasteiger partial charge in [0.15, 0.2) is 0 Å². The number of imidazole rings is 1. The van der Waals surface area contributed by atoms with E-state index in [-0.39, 0.29) is 18.5 Å². The molecule has 7 heteroatoms. The first-order valence-electron chi connectivity index (χ1n) is 10.3. The van der Waals surface area contributed by atoms with Gasteiger partial charge in [-0.3, -0.25) is 4.57 Å². The van der Waals surface area contributed by atoms with Crippen molar-refractivity contribution >= 4 is 11.8 Å². The number of aromatic nitrogens is 4. The summed E-state index contributed by atoms with van der Waals surface area (Å²) < 4.78 is 17.5. The maximum absolute atomic E-state index is 13.5. The van der Waals surface area contributed by atoms with Crippen LogP contribution in [-0.2, 0) is 0 Å². The third kappa shape index (κ3) is 4.43. The van der Waals surface area contributed by atoms with Crippen molar-refractivity contribution in [2.45, 2.75) is 31.3 Å². The molecule has 5 nitrogen and oxygen atoms in total. The van der Waals surface area contributed by atoms with Crippen molar-refractivity contribution in [3.63, 3.8) is 0 Å². The topological polar surface area (TPSA) is 55.9 Å². The number of halogens is 1. The predicted molar refractivity (Wildman–Crippen MR) is 123 cm³/mol. The molecule has 3 heterocycles. The van der Waals surface area contributed by atoms with Crippen LogP contribution in [0.5, 0.6) is 0 Å². The van der Waals surface area contributed by atoms with E-state index in [0.717, 1.165) is 45.5 Å². The van der Waals surface area contributed by atoms with Crippen LogP contribution in [0, 0.1) is 5.82 Å². The zero-order valence-corrected chi connectivity index (χ0v) is 18.4. The highest BCUT2D eigenvalue weighted by molar-refractivity contribution is 7.99. The van der Waals surface area contributed by atoms with Crippen LogP contribution >= 0.6 is 11.8 Å². The Kier molecular flexibility index (Phi) is 6.53. The molecular weight excluding hydrogens is 411 g/mol. The molecule has 0 bridgehead atoms. The molecule has 0 aliphatic carbocycles. The van der Waals surface area contributed by atoms with Crippen LogP contribution in [0.2, 0.25) is 0 Å². The van der Waals surface area contributed by atoms with Gasteiger partial charge in [0.25, 0.3) is 0 Å². The predicted octanol–water partition coefficient (Wildman–Crippen LogP) is 5.60. The number of benzene rings is 1. The molecule has 0 saturated carbocycles. The molecule has 0 aliphatic rings. The van der Waals surface area contributed by atoms with Gasteiger partial charge >= 0.3 is 0 Å². The highest BCUT2D eigenvalue weighted by Crippen LogP contribution is 2.34. The first kappa shape index (κ1) is 21.3. The van der Waals surface area contributed by atoms with Crippen molar-refractivity contribution in [3.8, 4) is 28.3 Å². The second-order valence-electron chi connectivity index (χ2n) is 7.36. The SMILES string of the molecule is CCCSc1cccn1-c1cc(-c2c(-c3ccc(F)cc3)ncn2C(C)CO)ccn1. The highest BCUT2D eigenvalue weighted by Gasteiger charge is 2.19. The number of thioether (sulfide) groups is 1. The Morgan fingerprint density at radius 1 is 1.10 bits per heavy atom. The molecule has 1 aromatic carbocycles. The molecule has 0 spiro atoms. The minimum atomic E-state index is -0.288. The molecule has 1 atom stereocenters. The second-order valence-corrected chi connectivity index (χ2v) is 8.47. The number of aliphatic hydroxyl groups excluding tert-OH is 1. The summed E-state index contributed by atoms with van der Waals surface area (Å²) in [6.45, 7) is 4.09. The molecular formula is C24H25FN4OS. The normalized spacial score (nSPS) is 12.3. The quantitative estimate of drug-likeness (QED) is 0.366. The number of nitrogens with zero attached hydrogens (tertiary/aromatic N) is 4. The maximum atomic E-state index is 13.5. The van der Waals surface area contributed by atoms with Gasteiger partial charge in [0.1, 0.15) is 11.6 Å². The number of aliphatic hydroxyl groups is 1. The Labute approximate surface area is 185 Å². The third-order valence-corrected chi connectivity index (χ3v) is 6.32. The van der Waals surface area contributed by atoms with E-state index >= 15 is 0 Å². The number of hydrogen-bond donors (Lipinski definition) is 1. The summed E-state index contributed by atoms with van der Waals surface area (Å²) >= 11 is 1.80. The van der Waals surface area contributed by atoms with Crippen LogP contribution in [0.15, 0.2) is 72.3 Å². The van der Waals surface area contributed by atoms with E-state index < -0.39 is 0 Å². The van der Waals surface area contributed by atoms with Gasteiger partial charge in [-0.2, -0.15) is 0 Å². The smallest absolute Gasteiger partial charge is 0.138 e. The lowest BCUT2D eigenvalue weighted by atomic mass is 10.0. The monoisotopic (exact) mass is 436 g/mol. The molecule has 0 aliphatic heterocycles. The van der Waals surface area contributed by atoms with Gasteiger partial charge in [-0.1, -0.05) is 6.92 Å². The number of hydrogen-bond acceptors (Lipinski definition) is 4. The first-order chi connectivity index (χ1) is 15.1. The van der Waals surface area contributed by atoms with Gasteiger partial charge in [0.05, 0.1) is 35.4 Å². The lowest BCUT2D eigenvalue weighted by Gasteiger charge is -2.16. The Morgan fingerprint density at radius 3 is 2.65 bits per heavy atom. The zero-order chi connectivity index (χ0) is 21.8. The Hall–Kier alpha value is -2.90. The van der Waals surface area contributed by atoms with Crippen LogP contribution in [0.25, 0.3) is 28.3 Å². The molecule has 0 saturated heterocycles. The lowest BCUT2D eigenvalue weighted by molar-refractivity contribution is 0.239. The van der Waals surface area contributed by atoms with Crippen molar-refractivity contribution in [2.75, 3.05) is 12.4 Å². The summed E-state index contributed by atoms with van der Waals surface area (Å²) in [6.07, 6.45) is 6.63. The molecule has 4 rings (SSSR count). The fourth-order valence-electron chi connectivity index (χ4n) is 3.46. The molecule has 31 heavy (non-hydrogen) atoms. The van der Waals surface area contributed by atoms with Gasteiger partial charge in [-0.15, -0.1) is 11.8 Å². The summed E-state index contributed by atoms with van der Waals surface area (Å²) in [5, 5.41) is 10.9. The lowest BCUT2D eigenvalue weighted by Crippen LogP contribution is -2.10. The molecule has 4 aromatic rings. The van der Waals surface area contributed by atoms with Gasteiger partial charge in [-0.25, -0.2) is 14.4 Å². The number of pyridine rings is 1. The van der Waals surface area contributed by atoms with E-state index in [1.165, 1.54) is 12.1 Å². The maximum Gasteiger partial charge on any atom is 0.138 e. The van der Waals surface area contributed by atoms with Gasteiger partial charge in [0.2, 0.25) is 0 Å². The first-order valence-corrected chi connectivity index (χ1v) is 11.3. The molecule has 1 N–H and O–H groups in total. The molecule has 0 fully saturated rings. The fraction of sp³-hybridized carbons (Fsp3) is 0.250. The molecule has 3 aromatic heterocycles. The third-order valence-electron chi connectivity index (χ3n) is 5.08. The van der Waals surface area contributed by atoms with Crippen molar-refractivity contribution in [1.29, 1.82) is 0 Å². The van der Waals surface area contributed by atoms with Crippen molar-refractivity contribution in [3.05, 3.63) is 73.1 Å². The van der Waals surface area contributed by atoms with Crippen LogP contribution < -0.4 is 0 Å². The zero-order valence-electron chi connectivity index (χ0n) is 17.6. The van der Waals surface area contributed by atoms with E-state index in [1.54, 1.807) is 36.4 Å². The minimum Gasteiger partial charge on any atom is -0.394 e. The van der Waals surface area contributed by atoms with Crippen LogP contribution in [0.4, 0.5) is 4.39 Å². The highest BCUT2D eigenvalue weighted by atomic mass is 32.2. The van der Waals surface area contributed by atoms with Gasteiger partial charge in [-0.05, 0) is 67.6 Å². The molecule has 160 valence electrons. The molecule has 0 amide bonds. The summed E-state index contributed by atoms with van der Waals surface area (Å²) in [5.41, 5.74) is 3.36. The van der Waals surface area contributed by atoms with E-state index in [4.69, 9.17) is 0 Å². The average molecular weight is 437 g/mol. The van der Waals surface area contributed by atoms with Gasteiger partial charge < -0.3 is 9.67 Å². The van der Waals surface area contributed by atoms with E-state index in [1.807, 2.05) is 35.9 Å². The summed E-state index contributed by atoms with van der Waals surface area (Å²) in [6, 6.07) is 14.2. The summed E-state index contributed by atoms with van der Waals surface area (Å²) in [7, 11) is 0. The molecule has 1 unspecified atom stereocenters. The van der Waals surface area contributed by atoms with E-state index in [0.29, 0.717) is 0 Å². The number of rotatable bonds is 8. The average Bonchev–Trinajstić information content (AvgIpc) is 3.45. The van der Waals surface area contributed by atoms with Crippen LogP contribution in [0.3, 0.4) is 0 Å².